The second-order valence-electron chi connectivity index (χ2n) is 6.89. The van der Waals surface area contributed by atoms with Gasteiger partial charge in [-0.2, -0.15) is 0 Å². The third-order valence-corrected chi connectivity index (χ3v) is 6.00. The summed E-state index contributed by atoms with van der Waals surface area (Å²) in [7, 11) is 0. The Hall–Kier alpha value is -3.77. The number of benzene rings is 3. The largest absolute Gasteiger partial charge is 0.323 e. The van der Waals surface area contributed by atoms with Crippen molar-refractivity contribution in [1.82, 2.24) is 4.98 Å². The molecule has 5 rings (SSSR count). The molecule has 0 unspecified atom stereocenters. The molecule has 1 aromatic heterocycles. The van der Waals surface area contributed by atoms with Gasteiger partial charge in [0.15, 0.2) is 5.01 Å². The van der Waals surface area contributed by atoms with Crippen molar-refractivity contribution in [3.63, 3.8) is 0 Å². The molecule has 0 saturated heterocycles. The summed E-state index contributed by atoms with van der Waals surface area (Å²) in [6.45, 7) is -0.0310. The maximum Gasteiger partial charge on any atom is 0.287 e. The van der Waals surface area contributed by atoms with E-state index in [0.29, 0.717) is 16.4 Å². The van der Waals surface area contributed by atoms with E-state index in [2.05, 4.69) is 5.32 Å². The van der Waals surface area contributed by atoms with Gasteiger partial charge in [-0.25, -0.2) is 4.98 Å². The Morgan fingerprint density at radius 1 is 0.867 bits per heavy atom. The highest BCUT2D eigenvalue weighted by Gasteiger charge is 2.30. The summed E-state index contributed by atoms with van der Waals surface area (Å²) in [5.74, 6) is -0.494. The number of nitrogens with one attached hydrogen (secondary N) is 1. The van der Waals surface area contributed by atoms with Gasteiger partial charge < -0.3 is 5.32 Å². The van der Waals surface area contributed by atoms with Gasteiger partial charge in [0.1, 0.15) is 6.54 Å². The molecule has 0 radical (unpaired) electrons. The number of para-hydroxylation sites is 2. The Morgan fingerprint density at radius 3 is 2.23 bits per heavy atom. The zero-order chi connectivity index (χ0) is 20.5. The molecule has 5 nitrogen and oxygen atoms in total. The fourth-order valence-corrected chi connectivity index (χ4v) is 4.56. The lowest BCUT2D eigenvalue weighted by molar-refractivity contribution is -0.115. The quantitative estimate of drug-likeness (QED) is 0.512. The van der Waals surface area contributed by atoms with Gasteiger partial charge in [-0.15, -0.1) is 11.3 Å². The van der Waals surface area contributed by atoms with Gasteiger partial charge in [0.05, 0.1) is 21.9 Å². The minimum Gasteiger partial charge on any atom is -0.323 e. The molecule has 6 heteroatoms. The summed E-state index contributed by atoms with van der Waals surface area (Å²) >= 11 is 1.35. The highest BCUT2D eigenvalue weighted by molar-refractivity contribution is 7.17. The number of thiazole rings is 1. The molecule has 1 aliphatic heterocycles. The van der Waals surface area contributed by atoms with E-state index in [-0.39, 0.29) is 18.4 Å². The molecule has 2 heterocycles. The van der Waals surface area contributed by atoms with Gasteiger partial charge in [0.2, 0.25) is 5.91 Å². The van der Waals surface area contributed by atoms with Crippen LogP contribution in [0.25, 0.3) is 21.7 Å². The fraction of sp³-hybridized carbons (Fsp3) is 0.0417. The van der Waals surface area contributed by atoms with Crippen LogP contribution in [0, 0.1) is 0 Å². The van der Waals surface area contributed by atoms with E-state index in [4.69, 9.17) is 4.98 Å². The normalized spacial score (nSPS) is 12.9. The first kappa shape index (κ1) is 18.3. The van der Waals surface area contributed by atoms with E-state index >= 15 is 0 Å². The second kappa shape index (κ2) is 7.57. The summed E-state index contributed by atoms with van der Waals surface area (Å²) in [6, 6.07) is 27.1. The number of amides is 2. The van der Waals surface area contributed by atoms with Crippen molar-refractivity contribution in [3.05, 3.63) is 89.9 Å². The van der Waals surface area contributed by atoms with Gasteiger partial charge >= 0.3 is 0 Å². The lowest BCUT2D eigenvalue weighted by Gasteiger charge is -2.28. The van der Waals surface area contributed by atoms with Crippen LogP contribution in [-0.2, 0) is 4.79 Å². The number of carbonyl (C=O) groups excluding carboxylic acids is 2. The Bertz CT molecular complexity index is 1180. The topological polar surface area (TPSA) is 62.3 Å². The van der Waals surface area contributed by atoms with Crippen LogP contribution >= 0.6 is 11.3 Å². The Balaban J connectivity index is 1.61. The van der Waals surface area contributed by atoms with Crippen LogP contribution < -0.4 is 10.2 Å². The van der Waals surface area contributed by atoms with Crippen LogP contribution in [0.4, 0.5) is 11.4 Å². The van der Waals surface area contributed by atoms with Crippen LogP contribution in [0.2, 0.25) is 0 Å². The lowest BCUT2D eigenvalue weighted by Crippen LogP contribution is -2.42. The van der Waals surface area contributed by atoms with E-state index in [1.807, 2.05) is 78.9 Å². The number of carbonyl (C=O) groups is 2. The van der Waals surface area contributed by atoms with E-state index in [1.54, 1.807) is 6.07 Å². The molecular weight excluding hydrogens is 394 g/mol. The molecule has 0 atom stereocenters. The Labute approximate surface area is 177 Å². The molecule has 0 fully saturated rings. The van der Waals surface area contributed by atoms with Crippen LogP contribution in [-0.4, -0.2) is 23.3 Å². The van der Waals surface area contributed by atoms with Crippen LogP contribution in [0.3, 0.4) is 0 Å². The molecule has 30 heavy (non-hydrogen) atoms. The van der Waals surface area contributed by atoms with Gasteiger partial charge in [0.25, 0.3) is 5.91 Å². The first-order valence-corrected chi connectivity index (χ1v) is 10.3. The highest BCUT2D eigenvalue weighted by Crippen LogP contribution is 2.38. The van der Waals surface area contributed by atoms with Crippen molar-refractivity contribution < 1.29 is 9.59 Å². The van der Waals surface area contributed by atoms with Crippen molar-refractivity contribution >= 4 is 34.5 Å². The standard InChI is InChI=1S/C24H17N3O2S/c28-20-15-27(19-14-8-7-13-18(19)25-20)24(29)23-26-21(16-9-3-1-4-10-16)22(30-23)17-11-5-2-6-12-17/h1-14H,15H2,(H,25,28). The van der Waals surface area contributed by atoms with E-state index in [9.17, 15) is 9.59 Å². The van der Waals surface area contributed by atoms with Gasteiger partial charge in [0, 0.05) is 5.56 Å². The molecule has 3 aromatic carbocycles. The molecule has 4 aromatic rings. The van der Waals surface area contributed by atoms with Crippen LogP contribution in [0.1, 0.15) is 9.80 Å². The van der Waals surface area contributed by atoms with E-state index in [0.717, 1.165) is 21.7 Å². The number of anilines is 2. The van der Waals surface area contributed by atoms with Crippen molar-refractivity contribution in [2.45, 2.75) is 0 Å². The number of fused-ring (bicyclic) bond motifs is 1. The van der Waals surface area contributed by atoms with Crippen molar-refractivity contribution in [3.8, 4) is 21.7 Å². The molecular formula is C24H17N3O2S. The smallest absolute Gasteiger partial charge is 0.287 e. The first-order valence-electron chi connectivity index (χ1n) is 9.53. The number of nitrogens with zero attached hydrogens (tertiary/aromatic N) is 2. The summed E-state index contributed by atoms with van der Waals surface area (Å²) in [5, 5.41) is 3.17. The number of hydrogen-bond acceptors (Lipinski definition) is 4. The molecule has 146 valence electrons. The fourth-order valence-electron chi connectivity index (χ4n) is 3.52. The maximum atomic E-state index is 13.4. The van der Waals surface area contributed by atoms with Gasteiger partial charge in [-0.05, 0) is 17.7 Å². The summed E-state index contributed by atoms with van der Waals surface area (Å²) in [6.07, 6.45) is 0. The van der Waals surface area contributed by atoms with Crippen LogP contribution in [0.15, 0.2) is 84.9 Å². The maximum absolute atomic E-state index is 13.4. The lowest BCUT2D eigenvalue weighted by atomic mass is 10.1. The van der Waals surface area contributed by atoms with E-state index in [1.165, 1.54) is 16.2 Å². The highest BCUT2D eigenvalue weighted by atomic mass is 32.1. The zero-order valence-electron chi connectivity index (χ0n) is 15.9. The number of aromatic nitrogens is 1. The second-order valence-corrected chi connectivity index (χ2v) is 7.88. The van der Waals surface area contributed by atoms with Gasteiger partial charge in [-0.1, -0.05) is 72.8 Å². The van der Waals surface area contributed by atoms with Crippen molar-refractivity contribution in [2.75, 3.05) is 16.8 Å². The number of rotatable bonds is 3. The predicted molar refractivity (Wildman–Crippen MR) is 120 cm³/mol. The minimum absolute atomic E-state index is 0.0310. The molecule has 0 saturated carbocycles. The Kier molecular flexibility index (Phi) is 4.61. The first-order chi connectivity index (χ1) is 14.7. The van der Waals surface area contributed by atoms with Crippen molar-refractivity contribution in [1.29, 1.82) is 0 Å². The van der Waals surface area contributed by atoms with E-state index < -0.39 is 0 Å². The SMILES string of the molecule is O=C1CN(C(=O)c2nc(-c3ccccc3)c(-c3ccccc3)s2)c2ccccc2N1. The monoisotopic (exact) mass is 411 g/mol. The van der Waals surface area contributed by atoms with Crippen LogP contribution in [0.5, 0.6) is 0 Å². The molecule has 0 aliphatic carbocycles. The minimum atomic E-state index is -0.276. The molecule has 2 amide bonds. The van der Waals surface area contributed by atoms with Gasteiger partial charge in [-0.3, -0.25) is 14.5 Å². The van der Waals surface area contributed by atoms with Crippen molar-refractivity contribution in [2.24, 2.45) is 0 Å². The summed E-state index contributed by atoms with van der Waals surface area (Å²) < 4.78 is 0. The molecule has 0 spiro atoms. The number of hydrogen-bond donors (Lipinski definition) is 1. The third kappa shape index (κ3) is 3.27. The summed E-state index contributed by atoms with van der Waals surface area (Å²) in [5.41, 5.74) is 4.03. The average Bonchev–Trinajstić information content (AvgIpc) is 3.25. The molecule has 1 N–H and O–H groups in total. The Morgan fingerprint density at radius 2 is 1.50 bits per heavy atom. The molecule has 0 bridgehead atoms. The third-order valence-electron chi connectivity index (χ3n) is 4.91. The summed E-state index contributed by atoms with van der Waals surface area (Å²) in [4.78, 5) is 32.7. The average molecular weight is 411 g/mol. The predicted octanol–water partition coefficient (Wildman–Crippen LogP) is 5.08. The zero-order valence-corrected chi connectivity index (χ0v) is 16.7. The molecule has 1 aliphatic rings.